The average Bonchev–Trinajstić information content (AvgIpc) is 3.35. The average molecular weight is 484 g/mol. The number of carbonyl (C=O) groups is 1. The molecule has 0 amide bonds. The summed E-state index contributed by atoms with van der Waals surface area (Å²) in [7, 11) is 0. The van der Waals surface area contributed by atoms with Crippen molar-refractivity contribution < 1.29 is 14.3 Å². The first kappa shape index (κ1) is 22.4. The Balaban J connectivity index is 1.36. The highest BCUT2D eigenvalue weighted by Gasteiger charge is 2.52. The molecule has 8 heteroatoms. The van der Waals surface area contributed by atoms with E-state index in [4.69, 9.17) is 0 Å². The molecule has 3 aromatic rings. The fraction of sp³-hybridized carbons (Fsp3) is 0.360. The number of hydrogen-bond acceptors (Lipinski definition) is 7. The number of phenolic OH excluding ortho intramolecular Hbond substituents is 1. The van der Waals surface area contributed by atoms with Crippen molar-refractivity contribution in [3.05, 3.63) is 64.2 Å². The number of aromatic nitrogens is 1. The van der Waals surface area contributed by atoms with E-state index < -0.39 is 5.54 Å². The third-order valence-corrected chi connectivity index (χ3v) is 8.76. The van der Waals surface area contributed by atoms with Crippen LogP contribution >= 0.6 is 23.3 Å². The van der Waals surface area contributed by atoms with Gasteiger partial charge in [-0.25, -0.2) is 9.37 Å². The Hall–Kier alpha value is -2.42. The van der Waals surface area contributed by atoms with Gasteiger partial charge in [-0.3, -0.25) is 9.69 Å². The summed E-state index contributed by atoms with van der Waals surface area (Å²) in [6.45, 7) is 5.67. The number of rotatable bonds is 4. The quantitative estimate of drug-likeness (QED) is 0.500. The van der Waals surface area contributed by atoms with Crippen LogP contribution in [0.25, 0.3) is 11.3 Å². The van der Waals surface area contributed by atoms with Crippen molar-refractivity contribution in [1.82, 2.24) is 9.88 Å². The number of aryl methyl sites for hydroxylation is 1. The molecule has 33 heavy (non-hydrogen) atoms. The second-order valence-electron chi connectivity index (χ2n) is 8.88. The molecule has 2 fully saturated rings. The van der Waals surface area contributed by atoms with Gasteiger partial charge in [-0.05, 0) is 74.5 Å². The number of halogens is 1. The lowest BCUT2D eigenvalue weighted by Crippen LogP contribution is -2.57. The number of carbonyl (C=O) groups excluding carboxylic acids is 1. The van der Waals surface area contributed by atoms with Crippen molar-refractivity contribution >= 4 is 34.8 Å². The summed E-state index contributed by atoms with van der Waals surface area (Å²) in [6.07, 6.45) is 1.40. The van der Waals surface area contributed by atoms with E-state index in [1.807, 2.05) is 25.1 Å². The minimum absolute atomic E-state index is 0.177. The summed E-state index contributed by atoms with van der Waals surface area (Å²) in [5.74, 6) is 0.607. The molecule has 1 N–H and O–H groups in total. The van der Waals surface area contributed by atoms with E-state index in [0.717, 1.165) is 40.5 Å². The predicted molar refractivity (Wildman–Crippen MR) is 132 cm³/mol. The molecule has 0 radical (unpaired) electrons. The standard InChI is InChI=1S/C25H26FN3O2S2/c1-16-12-25(23(31)14-33-29(25)20-5-3-4-19(26)11-20)8-9-28(16)13-18-6-7-22(30)21(10-18)24-17(2)32-15-27-24/h3-7,10-11,15-16,30H,8-9,12-14H2,1-2H3/t16-,25+/m0/s1. The molecule has 1 aromatic heterocycles. The van der Waals surface area contributed by atoms with Crippen LogP contribution in [0.4, 0.5) is 10.1 Å². The van der Waals surface area contributed by atoms with E-state index >= 15 is 0 Å². The van der Waals surface area contributed by atoms with Gasteiger partial charge in [0, 0.05) is 29.6 Å². The van der Waals surface area contributed by atoms with Gasteiger partial charge >= 0.3 is 0 Å². The molecule has 0 aliphatic carbocycles. The zero-order chi connectivity index (χ0) is 23.2. The molecule has 0 bridgehead atoms. The minimum atomic E-state index is -0.591. The maximum Gasteiger partial charge on any atom is 0.171 e. The number of anilines is 1. The Labute approximate surface area is 201 Å². The van der Waals surface area contributed by atoms with Gasteiger partial charge in [0.05, 0.1) is 22.6 Å². The molecule has 2 atom stereocenters. The molecule has 2 aliphatic heterocycles. The zero-order valence-corrected chi connectivity index (χ0v) is 20.3. The lowest BCUT2D eigenvalue weighted by Gasteiger charge is -2.47. The molecule has 5 rings (SSSR count). The number of ketones is 1. The largest absolute Gasteiger partial charge is 0.507 e. The van der Waals surface area contributed by atoms with Gasteiger partial charge in [0.25, 0.3) is 0 Å². The molecule has 172 valence electrons. The van der Waals surface area contributed by atoms with E-state index in [-0.39, 0.29) is 23.4 Å². The molecular weight excluding hydrogens is 457 g/mol. The Morgan fingerprint density at radius 2 is 2.12 bits per heavy atom. The Bertz CT molecular complexity index is 1200. The minimum Gasteiger partial charge on any atom is -0.507 e. The van der Waals surface area contributed by atoms with Gasteiger partial charge in [-0.15, -0.1) is 11.3 Å². The van der Waals surface area contributed by atoms with Crippen LogP contribution in [0.15, 0.2) is 48.0 Å². The summed E-state index contributed by atoms with van der Waals surface area (Å²) < 4.78 is 15.9. The van der Waals surface area contributed by atoms with Gasteiger partial charge < -0.3 is 9.41 Å². The molecule has 5 nitrogen and oxygen atoms in total. The van der Waals surface area contributed by atoms with Gasteiger partial charge in [0.2, 0.25) is 0 Å². The molecule has 2 aliphatic rings. The summed E-state index contributed by atoms with van der Waals surface area (Å²) in [5, 5.41) is 10.4. The molecule has 2 saturated heterocycles. The highest BCUT2D eigenvalue weighted by Crippen LogP contribution is 2.46. The van der Waals surface area contributed by atoms with E-state index in [2.05, 4.69) is 21.1 Å². The number of phenols is 1. The predicted octanol–water partition coefficient (Wildman–Crippen LogP) is 5.42. The van der Waals surface area contributed by atoms with Crippen LogP contribution in [0.5, 0.6) is 5.75 Å². The van der Waals surface area contributed by atoms with Crippen LogP contribution in [-0.2, 0) is 11.3 Å². The van der Waals surface area contributed by atoms with E-state index in [1.54, 1.807) is 29.0 Å². The fourth-order valence-electron chi connectivity index (χ4n) is 5.03. The fourth-order valence-corrected chi connectivity index (χ4v) is 6.91. The number of likely N-dealkylation sites (tertiary alicyclic amines) is 1. The van der Waals surface area contributed by atoms with Gasteiger partial charge in [0.15, 0.2) is 5.78 Å². The van der Waals surface area contributed by atoms with Crippen molar-refractivity contribution in [3.8, 4) is 17.0 Å². The number of benzene rings is 2. The first-order valence-corrected chi connectivity index (χ1v) is 12.9. The number of hydrogen-bond donors (Lipinski definition) is 1. The van der Waals surface area contributed by atoms with Crippen molar-refractivity contribution in [3.63, 3.8) is 0 Å². The lowest BCUT2D eigenvalue weighted by atomic mass is 9.80. The van der Waals surface area contributed by atoms with Crippen LogP contribution in [-0.4, -0.2) is 44.7 Å². The topological polar surface area (TPSA) is 56.7 Å². The number of Topliss-reactive ketones (excluding diaryl/α,β-unsaturated/α-hetero) is 1. The number of nitrogens with zero attached hydrogens (tertiary/aromatic N) is 3. The molecule has 1 spiro atoms. The SMILES string of the molecule is Cc1scnc1-c1cc(CN2CC[C@@]3(C[C@@H]2C)C(=O)CSN3c2cccc(F)c2)ccc1O. The van der Waals surface area contributed by atoms with E-state index in [1.165, 1.54) is 24.1 Å². The maximum atomic E-state index is 13.9. The van der Waals surface area contributed by atoms with Crippen LogP contribution in [0.1, 0.15) is 30.2 Å². The second kappa shape index (κ2) is 8.74. The maximum absolute atomic E-state index is 13.9. The zero-order valence-electron chi connectivity index (χ0n) is 18.6. The Morgan fingerprint density at radius 1 is 1.27 bits per heavy atom. The summed E-state index contributed by atoms with van der Waals surface area (Å²) >= 11 is 3.06. The Morgan fingerprint density at radius 3 is 2.85 bits per heavy atom. The Kier molecular flexibility index (Phi) is 5.93. The lowest BCUT2D eigenvalue weighted by molar-refractivity contribution is -0.123. The first-order valence-electron chi connectivity index (χ1n) is 11.1. The first-order chi connectivity index (χ1) is 15.9. The van der Waals surface area contributed by atoms with Crippen molar-refractivity contribution in [2.75, 3.05) is 16.6 Å². The van der Waals surface area contributed by atoms with Crippen LogP contribution in [0.3, 0.4) is 0 Å². The molecule has 0 saturated carbocycles. The number of thiazole rings is 1. The monoisotopic (exact) mass is 483 g/mol. The van der Waals surface area contributed by atoms with Crippen LogP contribution < -0.4 is 4.31 Å². The van der Waals surface area contributed by atoms with E-state index in [9.17, 15) is 14.3 Å². The molecule has 2 aromatic carbocycles. The number of aromatic hydroxyl groups is 1. The van der Waals surface area contributed by atoms with Crippen LogP contribution in [0, 0.1) is 12.7 Å². The van der Waals surface area contributed by atoms with E-state index in [0.29, 0.717) is 18.6 Å². The van der Waals surface area contributed by atoms with Crippen molar-refractivity contribution in [2.45, 2.75) is 44.8 Å². The normalized spacial score (nSPS) is 23.5. The number of piperidine rings is 1. The van der Waals surface area contributed by atoms with Crippen LogP contribution in [0.2, 0.25) is 0 Å². The molecular formula is C25H26FN3O2S2. The van der Waals surface area contributed by atoms with Crippen molar-refractivity contribution in [2.24, 2.45) is 0 Å². The third-order valence-electron chi connectivity index (χ3n) is 6.79. The van der Waals surface area contributed by atoms with Gasteiger partial charge in [0.1, 0.15) is 17.1 Å². The molecule has 3 heterocycles. The molecule has 0 unspecified atom stereocenters. The van der Waals surface area contributed by atoms with Gasteiger partial charge in [-0.1, -0.05) is 12.1 Å². The summed E-state index contributed by atoms with van der Waals surface area (Å²) in [6, 6.07) is 12.4. The van der Waals surface area contributed by atoms with Crippen molar-refractivity contribution in [1.29, 1.82) is 0 Å². The summed E-state index contributed by atoms with van der Waals surface area (Å²) in [5.41, 5.74) is 4.65. The van der Waals surface area contributed by atoms with Gasteiger partial charge in [-0.2, -0.15) is 0 Å². The summed E-state index contributed by atoms with van der Waals surface area (Å²) in [4.78, 5) is 20.9. The smallest absolute Gasteiger partial charge is 0.171 e. The highest BCUT2D eigenvalue weighted by atomic mass is 32.2. The third kappa shape index (κ3) is 4.05. The second-order valence-corrected chi connectivity index (χ2v) is 10.9. The highest BCUT2D eigenvalue weighted by molar-refractivity contribution is 8.02.